The predicted molar refractivity (Wildman–Crippen MR) is 146 cm³/mol. The number of nitrogens with one attached hydrogen (secondary N) is 1. The molecular formula is C30H32N4O5. The van der Waals surface area contributed by atoms with Gasteiger partial charge in [0.15, 0.2) is 11.5 Å². The highest BCUT2D eigenvalue weighted by atomic mass is 16.7. The molecule has 1 aliphatic heterocycles. The second kappa shape index (κ2) is 10.3. The number of carbonyl (C=O) groups is 2. The molecule has 0 saturated heterocycles. The lowest BCUT2D eigenvalue weighted by molar-refractivity contribution is -0.117. The van der Waals surface area contributed by atoms with Crippen LogP contribution in [-0.4, -0.2) is 39.8 Å². The van der Waals surface area contributed by atoms with E-state index in [-0.39, 0.29) is 37.1 Å². The predicted octanol–water partition coefficient (Wildman–Crippen LogP) is 5.39. The molecule has 1 N–H and O–H groups in total. The molecule has 0 aliphatic carbocycles. The van der Waals surface area contributed by atoms with Crippen molar-refractivity contribution in [1.82, 2.24) is 14.7 Å². The van der Waals surface area contributed by atoms with Crippen LogP contribution in [0, 0.1) is 13.8 Å². The minimum absolute atomic E-state index is 0.107. The molecule has 1 aliphatic rings. The molecule has 9 nitrogen and oxygen atoms in total. The zero-order valence-corrected chi connectivity index (χ0v) is 22.8. The fourth-order valence-corrected chi connectivity index (χ4v) is 4.42. The van der Waals surface area contributed by atoms with Gasteiger partial charge in [-0.3, -0.25) is 9.59 Å². The second-order valence-corrected chi connectivity index (χ2v) is 10.7. The molecule has 0 saturated carbocycles. The number of ether oxygens (including phenoxy) is 2. The normalized spacial score (nSPS) is 12.4. The van der Waals surface area contributed by atoms with Crippen LogP contribution in [0.1, 0.15) is 53.7 Å². The van der Waals surface area contributed by atoms with E-state index in [4.69, 9.17) is 19.0 Å². The Balaban J connectivity index is 1.42. The summed E-state index contributed by atoms with van der Waals surface area (Å²) in [5, 5.41) is 7.83. The summed E-state index contributed by atoms with van der Waals surface area (Å²) in [6.07, 6.45) is 1.54. The number of nitrogens with zero attached hydrogens (tertiary/aromatic N) is 3. The number of hydrogen-bond donors (Lipinski definition) is 1. The standard InChI is InChI=1S/C30H32N4O5/c1-19-8-10-23(20(2)13-19)34-27(15-26(32-34)30(3,4)5)31-28(35)17-33(16-22-7-6-12-37-22)29(36)21-9-11-24-25(14-21)39-18-38-24/h6-15H,16-18H2,1-5H3,(H,31,35). The third kappa shape index (κ3) is 5.67. The molecule has 2 aromatic heterocycles. The van der Waals surface area contributed by atoms with Crippen LogP contribution in [0.15, 0.2) is 65.3 Å². The topological polar surface area (TPSA) is 98.8 Å². The molecule has 0 spiro atoms. The number of amides is 2. The molecule has 9 heteroatoms. The van der Waals surface area contributed by atoms with Crippen LogP contribution in [0.5, 0.6) is 11.5 Å². The van der Waals surface area contributed by atoms with Gasteiger partial charge in [-0.2, -0.15) is 5.10 Å². The van der Waals surface area contributed by atoms with Gasteiger partial charge in [-0.15, -0.1) is 0 Å². The van der Waals surface area contributed by atoms with Gasteiger partial charge in [-0.25, -0.2) is 4.68 Å². The quantitative estimate of drug-likeness (QED) is 0.345. The lowest BCUT2D eigenvalue weighted by Gasteiger charge is -2.21. The van der Waals surface area contributed by atoms with E-state index < -0.39 is 0 Å². The highest BCUT2D eigenvalue weighted by molar-refractivity contribution is 5.99. The summed E-state index contributed by atoms with van der Waals surface area (Å²) in [7, 11) is 0. The summed E-state index contributed by atoms with van der Waals surface area (Å²) in [6, 6.07) is 16.5. The Bertz CT molecular complexity index is 1510. The van der Waals surface area contributed by atoms with E-state index in [1.165, 1.54) is 11.2 Å². The van der Waals surface area contributed by atoms with E-state index in [0.717, 1.165) is 22.5 Å². The van der Waals surface area contributed by atoms with Gasteiger partial charge in [-0.05, 0) is 55.8 Å². The van der Waals surface area contributed by atoms with Crippen LogP contribution < -0.4 is 14.8 Å². The van der Waals surface area contributed by atoms with Gasteiger partial charge < -0.3 is 24.1 Å². The number of fused-ring (bicyclic) bond motifs is 1. The zero-order valence-electron chi connectivity index (χ0n) is 22.8. The molecule has 5 rings (SSSR count). The van der Waals surface area contributed by atoms with Crippen molar-refractivity contribution in [1.29, 1.82) is 0 Å². The van der Waals surface area contributed by atoms with Gasteiger partial charge in [0.25, 0.3) is 5.91 Å². The van der Waals surface area contributed by atoms with E-state index in [2.05, 4.69) is 32.2 Å². The summed E-state index contributed by atoms with van der Waals surface area (Å²) in [6.45, 7) is 10.3. The Kier molecular flexibility index (Phi) is 6.91. The molecule has 4 aromatic rings. The number of rotatable bonds is 7. The number of aryl methyl sites for hydroxylation is 2. The van der Waals surface area contributed by atoms with Crippen molar-refractivity contribution in [3.05, 3.63) is 89.0 Å². The van der Waals surface area contributed by atoms with Gasteiger partial charge in [0, 0.05) is 17.0 Å². The lowest BCUT2D eigenvalue weighted by Crippen LogP contribution is -2.37. The summed E-state index contributed by atoms with van der Waals surface area (Å²) in [5.74, 6) is 1.48. The molecule has 2 aromatic carbocycles. The molecular weight excluding hydrogens is 496 g/mol. The summed E-state index contributed by atoms with van der Waals surface area (Å²) in [4.78, 5) is 28.4. The average molecular weight is 529 g/mol. The van der Waals surface area contributed by atoms with Crippen molar-refractivity contribution in [3.8, 4) is 17.2 Å². The summed E-state index contributed by atoms with van der Waals surface area (Å²) >= 11 is 0. The van der Waals surface area contributed by atoms with Crippen molar-refractivity contribution < 1.29 is 23.5 Å². The fourth-order valence-electron chi connectivity index (χ4n) is 4.42. The average Bonchev–Trinajstić information content (AvgIpc) is 3.64. The Morgan fingerprint density at radius 1 is 1.03 bits per heavy atom. The van der Waals surface area contributed by atoms with Crippen LogP contribution in [0.25, 0.3) is 5.69 Å². The molecule has 0 unspecified atom stereocenters. The number of anilines is 1. The van der Waals surface area contributed by atoms with Crippen molar-refractivity contribution in [2.75, 3.05) is 18.7 Å². The Morgan fingerprint density at radius 2 is 1.82 bits per heavy atom. The van der Waals surface area contributed by atoms with Crippen LogP contribution in [0.3, 0.4) is 0 Å². The molecule has 202 valence electrons. The second-order valence-electron chi connectivity index (χ2n) is 10.7. The van der Waals surface area contributed by atoms with Gasteiger partial charge in [0.2, 0.25) is 12.7 Å². The van der Waals surface area contributed by atoms with E-state index in [1.807, 2.05) is 32.0 Å². The lowest BCUT2D eigenvalue weighted by atomic mass is 9.92. The van der Waals surface area contributed by atoms with Crippen molar-refractivity contribution in [2.24, 2.45) is 0 Å². The Hall–Kier alpha value is -4.53. The first-order valence-corrected chi connectivity index (χ1v) is 12.8. The number of furan rings is 1. The monoisotopic (exact) mass is 528 g/mol. The highest BCUT2D eigenvalue weighted by Gasteiger charge is 2.26. The van der Waals surface area contributed by atoms with Crippen LogP contribution >= 0.6 is 0 Å². The van der Waals surface area contributed by atoms with Crippen LogP contribution in [0.2, 0.25) is 0 Å². The number of hydrogen-bond acceptors (Lipinski definition) is 6. The maximum Gasteiger partial charge on any atom is 0.254 e. The van der Waals surface area contributed by atoms with Crippen molar-refractivity contribution in [2.45, 2.75) is 46.6 Å². The molecule has 0 atom stereocenters. The molecule has 2 amide bonds. The first-order valence-electron chi connectivity index (χ1n) is 12.8. The van der Waals surface area contributed by atoms with Crippen LogP contribution in [0.4, 0.5) is 5.82 Å². The molecule has 3 heterocycles. The largest absolute Gasteiger partial charge is 0.467 e. The van der Waals surface area contributed by atoms with E-state index >= 15 is 0 Å². The third-order valence-corrected chi connectivity index (χ3v) is 6.49. The van der Waals surface area contributed by atoms with E-state index in [9.17, 15) is 9.59 Å². The van der Waals surface area contributed by atoms with Gasteiger partial charge >= 0.3 is 0 Å². The van der Waals surface area contributed by atoms with E-state index in [1.54, 1.807) is 35.0 Å². The maximum atomic E-state index is 13.5. The summed E-state index contributed by atoms with van der Waals surface area (Å²) < 4.78 is 18.0. The summed E-state index contributed by atoms with van der Waals surface area (Å²) in [5.41, 5.74) is 4.03. The molecule has 0 fully saturated rings. The highest BCUT2D eigenvalue weighted by Crippen LogP contribution is 2.33. The van der Waals surface area contributed by atoms with Crippen molar-refractivity contribution in [3.63, 3.8) is 0 Å². The number of carbonyl (C=O) groups excluding carboxylic acids is 2. The minimum Gasteiger partial charge on any atom is -0.467 e. The van der Waals surface area contributed by atoms with Crippen LogP contribution in [-0.2, 0) is 16.8 Å². The van der Waals surface area contributed by atoms with E-state index in [0.29, 0.717) is 28.6 Å². The van der Waals surface area contributed by atoms with Gasteiger partial charge in [-0.1, -0.05) is 38.5 Å². The smallest absolute Gasteiger partial charge is 0.254 e. The fraction of sp³-hybridized carbons (Fsp3) is 0.300. The minimum atomic E-state index is -0.359. The van der Waals surface area contributed by atoms with Gasteiger partial charge in [0.05, 0.1) is 24.2 Å². The maximum absolute atomic E-state index is 13.5. The molecule has 0 bridgehead atoms. The van der Waals surface area contributed by atoms with Crippen molar-refractivity contribution >= 4 is 17.6 Å². The number of benzene rings is 2. The third-order valence-electron chi connectivity index (χ3n) is 6.49. The Morgan fingerprint density at radius 3 is 2.54 bits per heavy atom. The number of aromatic nitrogens is 2. The molecule has 0 radical (unpaired) electrons. The zero-order chi connectivity index (χ0) is 27.7. The Labute approximate surface area is 227 Å². The molecule has 39 heavy (non-hydrogen) atoms. The SMILES string of the molecule is Cc1ccc(-n2nc(C(C)(C)C)cc2NC(=O)CN(Cc2ccco2)C(=O)c2ccc3c(c2)OCO3)c(C)c1. The first kappa shape index (κ1) is 26.1. The first-order chi connectivity index (χ1) is 18.6. The van der Waals surface area contributed by atoms with Gasteiger partial charge in [0.1, 0.15) is 18.1 Å².